The third-order valence-corrected chi connectivity index (χ3v) is 3.55. The highest BCUT2D eigenvalue weighted by molar-refractivity contribution is 5.29. The lowest BCUT2D eigenvalue weighted by atomic mass is 9.98. The monoisotopic (exact) mass is 262 g/mol. The molecule has 0 saturated heterocycles. The summed E-state index contributed by atoms with van der Waals surface area (Å²) < 4.78 is 15.7. The van der Waals surface area contributed by atoms with Crippen molar-refractivity contribution in [2.75, 3.05) is 0 Å². The molecule has 0 bridgehead atoms. The molecule has 5 heteroatoms. The van der Waals surface area contributed by atoms with Crippen LogP contribution in [0.15, 0.2) is 24.3 Å². The lowest BCUT2D eigenvalue weighted by molar-refractivity contribution is 0.509. The lowest BCUT2D eigenvalue weighted by Gasteiger charge is -2.17. The van der Waals surface area contributed by atoms with Gasteiger partial charge < -0.3 is 0 Å². The van der Waals surface area contributed by atoms with Crippen LogP contribution in [-0.2, 0) is 13.5 Å². The van der Waals surface area contributed by atoms with Crippen LogP contribution >= 0.6 is 0 Å². The van der Waals surface area contributed by atoms with Crippen molar-refractivity contribution in [2.24, 2.45) is 12.9 Å². The average Bonchev–Trinajstić information content (AvgIpc) is 2.63. The van der Waals surface area contributed by atoms with Gasteiger partial charge in [-0.3, -0.25) is 16.0 Å². The third-order valence-electron chi connectivity index (χ3n) is 3.55. The first-order chi connectivity index (χ1) is 9.04. The van der Waals surface area contributed by atoms with Crippen molar-refractivity contribution >= 4 is 0 Å². The standard InChI is InChI=1S/C14H19FN4/c1-9-12(10(2)19(3)18-9)8-14(17-16)11-6-4-5-7-13(11)15/h4-7,14,17H,8,16H2,1-3H3. The van der Waals surface area contributed by atoms with Crippen molar-refractivity contribution < 1.29 is 4.39 Å². The molecule has 0 aliphatic carbocycles. The summed E-state index contributed by atoms with van der Waals surface area (Å²) >= 11 is 0. The minimum absolute atomic E-state index is 0.246. The highest BCUT2D eigenvalue weighted by Crippen LogP contribution is 2.23. The molecule has 1 aromatic carbocycles. The normalized spacial score (nSPS) is 12.7. The van der Waals surface area contributed by atoms with E-state index in [0.29, 0.717) is 12.0 Å². The zero-order valence-corrected chi connectivity index (χ0v) is 11.4. The van der Waals surface area contributed by atoms with Crippen LogP contribution in [0.5, 0.6) is 0 Å². The minimum atomic E-state index is -0.261. The molecule has 1 atom stereocenters. The first-order valence-corrected chi connectivity index (χ1v) is 6.24. The Morgan fingerprint density at radius 2 is 2.05 bits per heavy atom. The van der Waals surface area contributed by atoms with Crippen molar-refractivity contribution in [3.63, 3.8) is 0 Å². The van der Waals surface area contributed by atoms with E-state index >= 15 is 0 Å². The highest BCUT2D eigenvalue weighted by atomic mass is 19.1. The fourth-order valence-corrected chi connectivity index (χ4v) is 2.33. The van der Waals surface area contributed by atoms with Gasteiger partial charge in [0.25, 0.3) is 0 Å². The quantitative estimate of drug-likeness (QED) is 0.654. The van der Waals surface area contributed by atoms with Crippen LogP contribution in [0, 0.1) is 19.7 Å². The number of nitrogens with zero attached hydrogens (tertiary/aromatic N) is 2. The summed E-state index contributed by atoms with van der Waals surface area (Å²) in [6.07, 6.45) is 0.614. The first-order valence-electron chi connectivity index (χ1n) is 6.24. The molecule has 0 aliphatic rings. The second-order valence-corrected chi connectivity index (χ2v) is 4.72. The Hall–Kier alpha value is -1.72. The first kappa shape index (κ1) is 13.7. The fraction of sp³-hybridized carbons (Fsp3) is 0.357. The van der Waals surface area contributed by atoms with Crippen LogP contribution in [0.3, 0.4) is 0 Å². The topological polar surface area (TPSA) is 55.9 Å². The van der Waals surface area contributed by atoms with E-state index in [2.05, 4.69) is 10.5 Å². The molecule has 0 saturated carbocycles. The maximum absolute atomic E-state index is 13.8. The predicted octanol–water partition coefficient (Wildman–Crippen LogP) is 1.92. The molecule has 1 unspecified atom stereocenters. The lowest BCUT2D eigenvalue weighted by Crippen LogP contribution is -2.30. The van der Waals surface area contributed by atoms with E-state index < -0.39 is 0 Å². The summed E-state index contributed by atoms with van der Waals surface area (Å²) in [5.74, 6) is 5.34. The fourth-order valence-electron chi connectivity index (χ4n) is 2.33. The van der Waals surface area contributed by atoms with Gasteiger partial charge in [0.05, 0.1) is 11.7 Å². The van der Waals surface area contributed by atoms with Crippen molar-refractivity contribution in [3.8, 4) is 0 Å². The minimum Gasteiger partial charge on any atom is -0.272 e. The zero-order valence-electron chi connectivity index (χ0n) is 11.4. The van der Waals surface area contributed by atoms with Crippen molar-refractivity contribution in [1.82, 2.24) is 15.2 Å². The van der Waals surface area contributed by atoms with Crippen LogP contribution in [0.25, 0.3) is 0 Å². The Morgan fingerprint density at radius 3 is 2.58 bits per heavy atom. The maximum Gasteiger partial charge on any atom is 0.128 e. The van der Waals surface area contributed by atoms with Gasteiger partial charge in [0, 0.05) is 18.3 Å². The molecule has 1 heterocycles. The molecule has 0 radical (unpaired) electrons. The van der Waals surface area contributed by atoms with Gasteiger partial charge in [0.2, 0.25) is 0 Å². The third kappa shape index (κ3) is 2.67. The number of halogens is 1. The van der Waals surface area contributed by atoms with E-state index in [4.69, 9.17) is 5.84 Å². The molecule has 102 valence electrons. The van der Waals surface area contributed by atoms with Crippen LogP contribution in [0.2, 0.25) is 0 Å². The molecular weight excluding hydrogens is 243 g/mol. The molecule has 3 N–H and O–H groups in total. The van der Waals surface area contributed by atoms with Crippen LogP contribution in [0.1, 0.15) is 28.6 Å². The Morgan fingerprint density at radius 1 is 1.37 bits per heavy atom. The summed E-state index contributed by atoms with van der Waals surface area (Å²) in [4.78, 5) is 0. The van der Waals surface area contributed by atoms with Gasteiger partial charge in [0.1, 0.15) is 5.82 Å². The Balaban J connectivity index is 2.32. The summed E-state index contributed by atoms with van der Waals surface area (Å²) in [6.45, 7) is 3.96. The molecule has 1 aromatic heterocycles. The van der Waals surface area contributed by atoms with Crippen LogP contribution < -0.4 is 11.3 Å². The van der Waals surface area contributed by atoms with Crippen LogP contribution in [-0.4, -0.2) is 9.78 Å². The second-order valence-electron chi connectivity index (χ2n) is 4.72. The number of hydrazine groups is 1. The van der Waals surface area contributed by atoms with E-state index in [1.54, 1.807) is 12.1 Å². The summed E-state index contributed by atoms with van der Waals surface area (Å²) in [7, 11) is 1.90. The van der Waals surface area contributed by atoms with Gasteiger partial charge in [0.15, 0.2) is 0 Å². The summed E-state index contributed by atoms with van der Waals surface area (Å²) in [6, 6.07) is 6.42. The molecule has 0 aliphatic heterocycles. The number of aryl methyl sites for hydroxylation is 2. The molecule has 2 rings (SSSR count). The number of benzene rings is 1. The van der Waals surface area contributed by atoms with Gasteiger partial charge >= 0.3 is 0 Å². The van der Waals surface area contributed by atoms with E-state index in [-0.39, 0.29) is 11.9 Å². The smallest absolute Gasteiger partial charge is 0.128 e. The van der Waals surface area contributed by atoms with Crippen molar-refractivity contribution in [3.05, 3.63) is 52.6 Å². The van der Waals surface area contributed by atoms with Gasteiger partial charge in [-0.05, 0) is 31.9 Å². The average molecular weight is 262 g/mol. The Bertz CT molecular complexity index is 577. The molecule has 4 nitrogen and oxygen atoms in total. The number of nitrogens with two attached hydrogens (primary N) is 1. The number of aromatic nitrogens is 2. The molecule has 2 aromatic rings. The Labute approximate surface area is 112 Å². The summed E-state index contributed by atoms with van der Waals surface area (Å²) in [5, 5.41) is 4.37. The molecular formula is C14H19FN4. The van der Waals surface area contributed by atoms with Gasteiger partial charge in [-0.15, -0.1) is 0 Å². The summed E-state index contributed by atoms with van der Waals surface area (Å²) in [5.41, 5.74) is 6.41. The predicted molar refractivity (Wildman–Crippen MR) is 72.9 cm³/mol. The maximum atomic E-state index is 13.8. The van der Waals surface area contributed by atoms with E-state index in [9.17, 15) is 4.39 Å². The van der Waals surface area contributed by atoms with Crippen molar-refractivity contribution in [1.29, 1.82) is 0 Å². The highest BCUT2D eigenvalue weighted by Gasteiger charge is 2.18. The molecule has 0 fully saturated rings. The SMILES string of the molecule is Cc1nn(C)c(C)c1CC(NN)c1ccccc1F. The zero-order chi connectivity index (χ0) is 14.0. The van der Waals surface area contributed by atoms with E-state index in [1.165, 1.54) is 6.07 Å². The van der Waals surface area contributed by atoms with E-state index in [0.717, 1.165) is 17.0 Å². The number of rotatable bonds is 4. The second kappa shape index (κ2) is 5.50. The van der Waals surface area contributed by atoms with Gasteiger partial charge in [-0.2, -0.15) is 5.10 Å². The van der Waals surface area contributed by atoms with Gasteiger partial charge in [-0.25, -0.2) is 4.39 Å². The molecule has 19 heavy (non-hydrogen) atoms. The largest absolute Gasteiger partial charge is 0.272 e. The number of nitrogens with one attached hydrogen (secondary N) is 1. The Kier molecular flexibility index (Phi) is 3.97. The number of hydrogen-bond donors (Lipinski definition) is 2. The van der Waals surface area contributed by atoms with Gasteiger partial charge in [-0.1, -0.05) is 18.2 Å². The number of hydrogen-bond acceptors (Lipinski definition) is 3. The molecule has 0 amide bonds. The van der Waals surface area contributed by atoms with Crippen LogP contribution in [0.4, 0.5) is 4.39 Å². The van der Waals surface area contributed by atoms with E-state index in [1.807, 2.05) is 31.6 Å². The molecule has 0 spiro atoms. The van der Waals surface area contributed by atoms with Crippen molar-refractivity contribution in [2.45, 2.75) is 26.3 Å².